The highest BCUT2D eigenvalue weighted by Gasteiger charge is 1.97. The first-order chi connectivity index (χ1) is 6.24. The predicted molar refractivity (Wildman–Crippen MR) is 56.8 cm³/mol. The van der Waals surface area contributed by atoms with E-state index in [0.29, 0.717) is 11.0 Å². The molecule has 0 aliphatic carbocycles. The van der Waals surface area contributed by atoms with Crippen molar-refractivity contribution in [2.45, 2.75) is 6.42 Å². The summed E-state index contributed by atoms with van der Waals surface area (Å²) in [5.41, 5.74) is 6.17. The summed E-state index contributed by atoms with van der Waals surface area (Å²) < 4.78 is 13.5. The molecule has 0 saturated carbocycles. The average Bonchev–Trinajstić information content (AvgIpc) is 2.12. The molecule has 0 amide bonds. The summed E-state index contributed by atoms with van der Waals surface area (Å²) in [6.45, 7) is 0.621. The highest BCUT2D eigenvalue weighted by molar-refractivity contribution is 9.10. The number of hydrogen-bond acceptors (Lipinski definition) is 1. The number of benzene rings is 1. The quantitative estimate of drug-likeness (QED) is 0.869. The molecule has 1 aromatic rings. The summed E-state index contributed by atoms with van der Waals surface area (Å²) in [5.74, 6) is -0.241. The Kier molecular flexibility index (Phi) is 4.12. The van der Waals surface area contributed by atoms with Gasteiger partial charge in [0.05, 0.1) is 4.47 Å². The van der Waals surface area contributed by atoms with E-state index in [4.69, 9.17) is 5.73 Å². The van der Waals surface area contributed by atoms with Gasteiger partial charge in [0.2, 0.25) is 0 Å². The molecule has 0 saturated heterocycles. The highest BCUT2D eigenvalue weighted by atomic mass is 79.9. The molecule has 1 rings (SSSR count). The van der Waals surface area contributed by atoms with Gasteiger partial charge in [0, 0.05) is 0 Å². The van der Waals surface area contributed by atoms with Gasteiger partial charge in [-0.05, 0) is 46.6 Å². The zero-order chi connectivity index (χ0) is 9.68. The van der Waals surface area contributed by atoms with Crippen molar-refractivity contribution >= 4 is 22.0 Å². The van der Waals surface area contributed by atoms with E-state index in [-0.39, 0.29) is 5.82 Å². The lowest BCUT2D eigenvalue weighted by Crippen LogP contribution is -1.94. The van der Waals surface area contributed by atoms with E-state index in [0.717, 1.165) is 12.0 Å². The minimum Gasteiger partial charge on any atom is -0.330 e. The van der Waals surface area contributed by atoms with Gasteiger partial charge >= 0.3 is 0 Å². The minimum absolute atomic E-state index is 0.241. The average molecular weight is 244 g/mol. The Morgan fingerprint density at radius 2 is 2.23 bits per heavy atom. The molecule has 0 heterocycles. The third-order valence-electron chi connectivity index (χ3n) is 1.59. The van der Waals surface area contributed by atoms with Crippen molar-refractivity contribution in [3.8, 4) is 0 Å². The van der Waals surface area contributed by atoms with Gasteiger partial charge in [-0.1, -0.05) is 18.2 Å². The molecule has 0 unspecified atom stereocenters. The van der Waals surface area contributed by atoms with Crippen LogP contribution in [0.25, 0.3) is 6.08 Å². The topological polar surface area (TPSA) is 26.0 Å². The third-order valence-corrected chi connectivity index (χ3v) is 2.23. The molecule has 70 valence electrons. The summed E-state index contributed by atoms with van der Waals surface area (Å²) in [6.07, 6.45) is 4.61. The zero-order valence-electron chi connectivity index (χ0n) is 7.13. The Balaban J connectivity index is 2.73. The van der Waals surface area contributed by atoms with Gasteiger partial charge in [0.1, 0.15) is 5.82 Å². The van der Waals surface area contributed by atoms with Gasteiger partial charge in [-0.3, -0.25) is 0 Å². The molecule has 0 spiro atoms. The fourth-order valence-electron chi connectivity index (χ4n) is 0.932. The molecule has 2 N–H and O–H groups in total. The van der Waals surface area contributed by atoms with Gasteiger partial charge in [-0.25, -0.2) is 4.39 Å². The predicted octanol–water partition coefficient (Wildman–Crippen LogP) is 2.95. The summed E-state index contributed by atoms with van der Waals surface area (Å²) in [4.78, 5) is 0. The van der Waals surface area contributed by atoms with Crippen molar-refractivity contribution in [2.24, 2.45) is 5.73 Å². The van der Waals surface area contributed by atoms with E-state index >= 15 is 0 Å². The number of nitrogens with two attached hydrogens (primary N) is 1. The lowest BCUT2D eigenvalue weighted by Gasteiger charge is -1.96. The van der Waals surface area contributed by atoms with Gasteiger partial charge < -0.3 is 5.73 Å². The van der Waals surface area contributed by atoms with Crippen molar-refractivity contribution in [2.75, 3.05) is 6.54 Å². The standard InChI is InChI=1S/C10H11BrFN/c11-9-5-4-8(7-10(9)12)3-1-2-6-13/h1,3-5,7H,2,6,13H2. The molecular weight excluding hydrogens is 233 g/mol. The first kappa shape index (κ1) is 10.4. The Labute approximate surface area is 85.6 Å². The molecule has 0 atom stereocenters. The summed E-state index contributed by atoms with van der Waals surface area (Å²) in [6, 6.07) is 5.02. The Morgan fingerprint density at radius 3 is 2.85 bits per heavy atom. The highest BCUT2D eigenvalue weighted by Crippen LogP contribution is 2.17. The molecule has 1 aromatic carbocycles. The van der Waals surface area contributed by atoms with Crippen LogP contribution in [0.5, 0.6) is 0 Å². The molecule has 0 fully saturated rings. The summed E-state index contributed by atoms with van der Waals surface area (Å²) in [7, 11) is 0. The summed E-state index contributed by atoms with van der Waals surface area (Å²) in [5, 5.41) is 0. The van der Waals surface area contributed by atoms with Crippen LogP contribution in [-0.2, 0) is 0 Å². The first-order valence-corrected chi connectivity index (χ1v) is 4.85. The smallest absolute Gasteiger partial charge is 0.137 e. The maximum Gasteiger partial charge on any atom is 0.137 e. The van der Waals surface area contributed by atoms with Crippen molar-refractivity contribution in [1.29, 1.82) is 0 Å². The molecule has 0 aliphatic rings. The van der Waals surface area contributed by atoms with Crippen LogP contribution in [0.4, 0.5) is 4.39 Å². The molecule has 0 aromatic heterocycles. The van der Waals surface area contributed by atoms with E-state index in [1.165, 1.54) is 6.07 Å². The molecule has 3 heteroatoms. The van der Waals surface area contributed by atoms with Gasteiger partial charge in [-0.15, -0.1) is 0 Å². The van der Waals surface area contributed by atoms with Crippen LogP contribution in [-0.4, -0.2) is 6.54 Å². The van der Waals surface area contributed by atoms with E-state index in [2.05, 4.69) is 15.9 Å². The molecular formula is C10H11BrFN. The molecule has 13 heavy (non-hydrogen) atoms. The number of halogens is 2. The van der Waals surface area contributed by atoms with Crippen LogP contribution in [0.2, 0.25) is 0 Å². The van der Waals surface area contributed by atoms with E-state index in [1.807, 2.05) is 18.2 Å². The summed E-state index contributed by atoms with van der Waals surface area (Å²) >= 11 is 3.09. The third kappa shape index (κ3) is 3.28. The Morgan fingerprint density at radius 1 is 1.46 bits per heavy atom. The molecule has 0 bridgehead atoms. The fourth-order valence-corrected chi connectivity index (χ4v) is 1.18. The van der Waals surface area contributed by atoms with Crippen LogP contribution in [0.1, 0.15) is 12.0 Å². The van der Waals surface area contributed by atoms with Crippen LogP contribution in [0.15, 0.2) is 28.7 Å². The van der Waals surface area contributed by atoms with Crippen LogP contribution < -0.4 is 5.73 Å². The van der Waals surface area contributed by atoms with E-state index in [9.17, 15) is 4.39 Å². The normalized spacial score (nSPS) is 11.0. The second-order valence-corrected chi connectivity index (χ2v) is 3.51. The fraction of sp³-hybridized carbons (Fsp3) is 0.200. The van der Waals surface area contributed by atoms with Gasteiger partial charge in [0.25, 0.3) is 0 Å². The maximum atomic E-state index is 13.0. The number of rotatable bonds is 3. The van der Waals surface area contributed by atoms with Crippen LogP contribution in [0, 0.1) is 5.82 Å². The maximum absolute atomic E-state index is 13.0. The van der Waals surface area contributed by atoms with E-state index in [1.54, 1.807) is 6.07 Å². The largest absolute Gasteiger partial charge is 0.330 e. The monoisotopic (exact) mass is 243 g/mol. The lowest BCUT2D eigenvalue weighted by atomic mass is 10.2. The van der Waals surface area contributed by atoms with Crippen LogP contribution >= 0.6 is 15.9 Å². The molecule has 0 radical (unpaired) electrons. The SMILES string of the molecule is NCCC=Cc1ccc(Br)c(F)c1. The minimum atomic E-state index is -0.241. The second-order valence-electron chi connectivity index (χ2n) is 2.65. The first-order valence-electron chi connectivity index (χ1n) is 4.05. The van der Waals surface area contributed by atoms with Gasteiger partial charge in [-0.2, -0.15) is 0 Å². The van der Waals surface area contributed by atoms with E-state index < -0.39 is 0 Å². The van der Waals surface area contributed by atoms with Crippen LogP contribution in [0.3, 0.4) is 0 Å². The Hall–Kier alpha value is -0.670. The van der Waals surface area contributed by atoms with Crippen molar-refractivity contribution < 1.29 is 4.39 Å². The second kappa shape index (κ2) is 5.14. The van der Waals surface area contributed by atoms with Gasteiger partial charge in [0.15, 0.2) is 0 Å². The molecule has 1 nitrogen and oxygen atoms in total. The zero-order valence-corrected chi connectivity index (χ0v) is 8.72. The lowest BCUT2D eigenvalue weighted by molar-refractivity contribution is 0.621. The molecule has 0 aliphatic heterocycles. The Bertz CT molecular complexity index is 310. The number of hydrogen-bond donors (Lipinski definition) is 1. The van der Waals surface area contributed by atoms with Crippen molar-refractivity contribution in [3.63, 3.8) is 0 Å². The van der Waals surface area contributed by atoms with Crippen molar-refractivity contribution in [1.82, 2.24) is 0 Å². The van der Waals surface area contributed by atoms with Crippen molar-refractivity contribution in [3.05, 3.63) is 40.1 Å².